The second-order valence-electron chi connectivity index (χ2n) is 14.2. The van der Waals surface area contributed by atoms with E-state index < -0.39 is 48.3 Å². The highest BCUT2D eigenvalue weighted by Gasteiger charge is 2.51. The molecule has 60 heavy (non-hydrogen) atoms. The van der Waals surface area contributed by atoms with Crippen molar-refractivity contribution in [3.8, 4) is 11.5 Å². The van der Waals surface area contributed by atoms with Crippen molar-refractivity contribution in [1.29, 1.82) is 0 Å². The van der Waals surface area contributed by atoms with Crippen LogP contribution in [0.4, 0.5) is 0 Å². The lowest BCUT2D eigenvalue weighted by atomic mass is 10.1. The van der Waals surface area contributed by atoms with Crippen molar-refractivity contribution in [3.63, 3.8) is 0 Å². The van der Waals surface area contributed by atoms with Gasteiger partial charge in [-0.15, -0.1) is 0 Å². The monoisotopic (exact) mass is 822 g/mol. The Balaban J connectivity index is 0.937. The van der Waals surface area contributed by atoms with Crippen molar-refractivity contribution in [2.75, 3.05) is 26.4 Å². The van der Waals surface area contributed by atoms with Crippen molar-refractivity contribution >= 4 is 57.4 Å². The Hall–Kier alpha value is -6.38. The molecule has 6 rings (SSSR count). The summed E-state index contributed by atoms with van der Waals surface area (Å²) in [5.41, 5.74) is 0.629. The van der Waals surface area contributed by atoms with E-state index in [-0.39, 0.29) is 51.2 Å². The molecule has 2 saturated heterocycles. The van der Waals surface area contributed by atoms with Gasteiger partial charge < -0.3 is 37.9 Å². The molecule has 314 valence electrons. The van der Waals surface area contributed by atoms with Crippen LogP contribution in [-0.4, -0.2) is 86.7 Å². The Morgan fingerprint density at radius 3 is 1.35 bits per heavy atom. The minimum absolute atomic E-state index is 0.0658. The summed E-state index contributed by atoms with van der Waals surface area (Å²) >= 11 is 0. The number of rotatable bonds is 20. The molecule has 2 fully saturated rings. The Bertz CT molecular complexity index is 2090. The average molecular weight is 823 g/mol. The quantitative estimate of drug-likeness (QED) is 0.0295. The zero-order valence-corrected chi connectivity index (χ0v) is 33.0. The van der Waals surface area contributed by atoms with E-state index >= 15 is 0 Å². The fourth-order valence-corrected chi connectivity index (χ4v) is 6.80. The number of carbonyl (C=O) groups is 6. The maximum Gasteiger partial charge on any atom is 0.338 e. The van der Waals surface area contributed by atoms with Gasteiger partial charge in [-0.25, -0.2) is 19.2 Å². The van der Waals surface area contributed by atoms with Gasteiger partial charge in [0.15, 0.2) is 12.2 Å². The lowest BCUT2D eigenvalue weighted by Crippen LogP contribution is -2.36. The normalized spacial score (nSPS) is 17.9. The van der Waals surface area contributed by atoms with Crippen LogP contribution >= 0.6 is 0 Å². The molecule has 14 heteroatoms. The molecule has 2 heterocycles. The minimum atomic E-state index is -0.719. The SMILES string of the molecule is C=CC(=O)OCCCCCC(=O)Oc1ccc2cc(C(=O)O[C@H]3CO[C@H]4[C@@H]3OC[C@H]4OC(=O)c3ccc4cc(OC(=O)CCCCCOC(=O)C=C)ccc4c3)ccc2c1. The van der Waals surface area contributed by atoms with Crippen molar-refractivity contribution in [2.45, 2.75) is 75.8 Å². The molecule has 4 atom stereocenters. The second-order valence-corrected chi connectivity index (χ2v) is 14.2. The van der Waals surface area contributed by atoms with E-state index in [1.54, 1.807) is 72.8 Å². The Morgan fingerprint density at radius 1 is 0.533 bits per heavy atom. The smallest absolute Gasteiger partial charge is 0.338 e. The molecular formula is C46H46O14. The van der Waals surface area contributed by atoms with Crippen molar-refractivity contribution in [2.24, 2.45) is 0 Å². The lowest BCUT2D eigenvalue weighted by molar-refractivity contribution is -0.138. The standard InChI is InChI=1S/C46H46O14/c1-3-39(47)53-21-9-5-7-11-41(49)57-35-19-17-29-23-33(15-13-31(29)25-35)45(51)59-37-27-55-44-38(28-56-43(37)44)60-46(52)34-16-14-32-26-36(20-18-30(32)24-34)58-42(50)12-8-6-10-22-54-40(48)4-2/h3-4,13-20,23-26,37-38,43-44H,1-2,5-12,21-22,27-28H2/t37-,38+,43-,44-/m1/s1. The molecule has 0 radical (unpaired) electrons. The Morgan fingerprint density at radius 2 is 0.933 bits per heavy atom. The fraction of sp³-hybridized carbons (Fsp3) is 0.348. The molecule has 0 saturated carbocycles. The summed E-state index contributed by atoms with van der Waals surface area (Å²) in [6.07, 6.45) is 3.82. The zero-order chi connectivity index (χ0) is 42.4. The van der Waals surface area contributed by atoms with Crippen molar-refractivity contribution < 1.29 is 66.7 Å². The summed E-state index contributed by atoms with van der Waals surface area (Å²) in [4.78, 5) is 73.3. The summed E-state index contributed by atoms with van der Waals surface area (Å²) in [6, 6.07) is 20.3. The van der Waals surface area contributed by atoms with Crippen LogP contribution < -0.4 is 9.47 Å². The van der Waals surface area contributed by atoms with Crippen LogP contribution in [0.25, 0.3) is 21.5 Å². The minimum Gasteiger partial charge on any atom is -0.463 e. The molecule has 2 aliphatic heterocycles. The first-order valence-corrected chi connectivity index (χ1v) is 19.8. The predicted molar refractivity (Wildman–Crippen MR) is 216 cm³/mol. The van der Waals surface area contributed by atoms with E-state index in [1.165, 1.54) is 0 Å². The molecule has 0 unspecified atom stereocenters. The third-order valence-corrected chi connectivity index (χ3v) is 9.91. The maximum atomic E-state index is 13.2. The van der Waals surface area contributed by atoms with Crippen LogP contribution in [-0.2, 0) is 47.6 Å². The van der Waals surface area contributed by atoms with Gasteiger partial charge in [0.25, 0.3) is 0 Å². The van der Waals surface area contributed by atoms with Crippen LogP contribution in [0, 0.1) is 0 Å². The highest BCUT2D eigenvalue weighted by Crippen LogP contribution is 2.32. The fourth-order valence-electron chi connectivity index (χ4n) is 6.80. The number of esters is 6. The van der Waals surface area contributed by atoms with Gasteiger partial charge in [0.2, 0.25) is 0 Å². The van der Waals surface area contributed by atoms with E-state index in [2.05, 4.69) is 13.2 Å². The summed E-state index contributed by atoms with van der Waals surface area (Å²) in [5.74, 6) is -2.07. The third-order valence-electron chi connectivity index (χ3n) is 9.91. The van der Waals surface area contributed by atoms with Crippen molar-refractivity contribution in [1.82, 2.24) is 0 Å². The first-order valence-electron chi connectivity index (χ1n) is 19.8. The third kappa shape index (κ3) is 11.9. The summed E-state index contributed by atoms with van der Waals surface area (Å²) in [6.45, 7) is 7.36. The number of ether oxygens (including phenoxy) is 8. The molecule has 0 spiro atoms. The van der Waals surface area contributed by atoms with Crippen molar-refractivity contribution in [3.05, 3.63) is 109 Å². The van der Waals surface area contributed by atoms with Gasteiger partial charge in [-0.05, 0) is 109 Å². The molecule has 0 amide bonds. The van der Waals surface area contributed by atoms with E-state index in [4.69, 9.17) is 37.9 Å². The molecule has 0 bridgehead atoms. The molecular weight excluding hydrogens is 776 g/mol. The number of hydrogen-bond donors (Lipinski definition) is 0. The maximum absolute atomic E-state index is 13.2. The van der Waals surface area contributed by atoms with Gasteiger partial charge in [0.1, 0.15) is 23.7 Å². The molecule has 4 aromatic rings. The number of fused-ring (bicyclic) bond motifs is 3. The number of carbonyl (C=O) groups excluding carboxylic acids is 6. The largest absolute Gasteiger partial charge is 0.463 e. The lowest BCUT2D eigenvalue weighted by Gasteiger charge is -2.17. The highest BCUT2D eigenvalue weighted by atomic mass is 16.7. The average Bonchev–Trinajstić information content (AvgIpc) is 3.85. The van der Waals surface area contributed by atoms with E-state index in [0.29, 0.717) is 61.2 Å². The number of hydrogen-bond acceptors (Lipinski definition) is 14. The first-order chi connectivity index (χ1) is 29.1. The summed E-state index contributed by atoms with van der Waals surface area (Å²) < 4.78 is 44.3. The van der Waals surface area contributed by atoms with E-state index in [1.807, 2.05) is 0 Å². The van der Waals surface area contributed by atoms with Gasteiger partial charge in [-0.2, -0.15) is 0 Å². The molecule has 0 N–H and O–H groups in total. The first kappa shape index (κ1) is 43.2. The van der Waals surface area contributed by atoms with Gasteiger partial charge in [0.05, 0.1) is 37.6 Å². The summed E-state index contributed by atoms with van der Waals surface area (Å²) in [5, 5.41) is 3.01. The number of benzene rings is 4. The Kier molecular flexibility index (Phi) is 15.2. The Labute approximate surface area is 346 Å². The number of unbranched alkanes of at least 4 members (excludes halogenated alkanes) is 4. The van der Waals surface area contributed by atoms with Crippen LogP contribution in [0.5, 0.6) is 11.5 Å². The molecule has 14 nitrogen and oxygen atoms in total. The van der Waals surface area contributed by atoms with E-state index in [9.17, 15) is 28.8 Å². The van der Waals surface area contributed by atoms with Crippen LogP contribution in [0.1, 0.15) is 72.1 Å². The molecule has 2 aliphatic rings. The molecule has 4 aromatic carbocycles. The van der Waals surface area contributed by atoms with Gasteiger partial charge >= 0.3 is 35.8 Å². The molecule has 0 aromatic heterocycles. The van der Waals surface area contributed by atoms with Crippen LogP contribution in [0.3, 0.4) is 0 Å². The summed E-state index contributed by atoms with van der Waals surface area (Å²) in [7, 11) is 0. The highest BCUT2D eigenvalue weighted by molar-refractivity contribution is 5.97. The van der Waals surface area contributed by atoms with Crippen LogP contribution in [0.2, 0.25) is 0 Å². The zero-order valence-electron chi connectivity index (χ0n) is 33.0. The predicted octanol–water partition coefficient (Wildman–Crippen LogP) is 6.93. The second kappa shape index (κ2) is 21.0. The molecule has 0 aliphatic carbocycles. The van der Waals surface area contributed by atoms with E-state index in [0.717, 1.165) is 33.7 Å². The topological polar surface area (TPSA) is 176 Å². The van der Waals surface area contributed by atoms with Crippen LogP contribution in [0.15, 0.2) is 98.1 Å². The van der Waals surface area contributed by atoms with Gasteiger partial charge in [-0.3, -0.25) is 9.59 Å². The van der Waals surface area contributed by atoms with Gasteiger partial charge in [0, 0.05) is 25.0 Å². The van der Waals surface area contributed by atoms with Gasteiger partial charge in [-0.1, -0.05) is 37.4 Å².